The number of carbonyl (C=O) groups excluding carboxylic acids is 2. The first kappa shape index (κ1) is 17.4. The van der Waals surface area contributed by atoms with E-state index in [9.17, 15) is 14.0 Å². The van der Waals surface area contributed by atoms with E-state index < -0.39 is 11.8 Å². The lowest BCUT2D eigenvalue weighted by atomic mass is 9.97. The van der Waals surface area contributed by atoms with Crippen LogP contribution < -0.4 is 10.6 Å². The van der Waals surface area contributed by atoms with E-state index in [1.54, 1.807) is 12.1 Å². The van der Waals surface area contributed by atoms with Crippen molar-refractivity contribution >= 4 is 51.2 Å². The lowest BCUT2D eigenvalue weighted by Gasteiger charge is -2.17. The topological polar surface area (TPSA) is 58.2 Å². The van der Waals surface area contributed by atoms with E-state index in [0.29, 0.717) is 12.0 Å². The molecule has 0 bridgehead atoms. The Hall–Kier alpha value is -2.38. The molecule has 2 N–H and O–H groups in total. The molecule has 7 heteroatoms. The summed E-state index contributed by atoms with van der Waals surface area (Å²) < 4.78 is 14.2. The number of rotatable bonds is 3. The second-order valence-corrected chi connectivity index (χ2v) is 6.77. The minimum atomic E-state index is -0.551. The van der Waals surface area contributed by atoms with Gasteiger partial charge in [0.15, 0.2) is 5.11 Å². The van der Waals surface area contributed by atoms with Crippen LogP contribution in [0, 0.1) is 5.82 Å². The van der Waals surface area contributed by atoms with Gasteiger partial charge in [-0.3, -0.25) is 20.2 Å². The first-order chi connectivity index (χ1) is 11.9. The van der Waals surface area contributed by atoms with Crippen LogP contribution in [0.1, 0.15) is 16.7 Å². The van der Waals surface area contributed by atoms with Gasteiger partial charge in [-0.15, -0.1) is 0 Å². The molecule has 0 unspecified atom stereocenters. The average Bonchev–Trinajstić information content (AvgIpc) is 2.53. The van der Waals surface area contributed by atoms with E-state index >= 15 is 0 Å². The van der Waals surface area contributed by atoms with E-state index in [4.69, 9.17) is 12.2 Å². The van der Waals surface area contributed by atoms with Crippen molar-refractivity contribution in [2.24, 2.45) is 0 Å². The van der Waals surface area contributed by atoms with Crippen LogP contribution in [-0.4, -0.2) is 16.9 Å². The van der Waals surface area contributed by atoms with Crippen molar-refractivity contribution in [2.75, 3.05) is 0 Å². The van der Waals surface area contributed by atoms with Crippen LogP contribution in [0.15, 0.2) is 52.5 Å². The lowest BCUT2D eigenvalue weighted by molar-refractivity contribution is -0.123. The van der Waals surface area contributed by atoms with Crippen molar-refractivity contribution in [1.29, 1.82) is 0 Å². The second kappa shape index (κ2) is 7.25. The monoisotopic (exact) mass is 418 g/mol. The molecule has 0 radical (unpaired) electrons. The van der Waals surface area contributed by atoms with Crippen LogP contribution in [-0.2, 0) is 16.0 Å². The summed E-state index contributed by atoms with van der Waals surface area (Å²) in [4.78, 5) is 24.1. The zero-order valence-electron chi connectivity index (χ0n) is 12.8. The molecule has 1 fully saturated rings. The average molecular weight is 419 g/mol. The summed E-state index contributed by atoms with van der Waals surface area (Å²) >= 11 is 8.18. The standard InChI is InChI=1S/C18H12BrFN2O2S/c19-13-5-4-11(6-10-2-1-3-14(20)7-10)12(8-13)9-15-16(23)21-18(25)22-17(15)24/h1-5,7-9H,6H2,(H2,21,22,23,24,25). The largest absolute Gasteiger partial charge is 0.299 e. The molecule has 1 heterocycles. The van der Waals surface area contributed by atoms with E-state index in [2.05, 4.69) is 26.6 Å². The molecule has 1 aliphatic rings. The van der Waals surface area contributed by atoms with Gasteiger partial charge in [0.25, 0.3) is 11.8 Å². The van der Waals surface area contributed by atoms with E-state index in [1.807, 2.05) is 18.2 Å². The molecule has 3 rings (SSSR count). The Morgan fingerprint density at radius 1 is 1.08 bits per heavy atom. The first-order valence-electron chi connectivity index (χ1n) is 7.33. The van der Waals surface area contributed by atoms with Gasteiger partial charge in [0, 0.05) is 4.47 Å². The highest BCUT2D eigenvalue weighted by atomic mass is 79.9. The van der Waals surface area contributed by atoms with Crippen molar-refractivity contribution in [3.8, 4) is 0 Å². The fourth-order valence-electron chi connectivity index (χ4n) is 2.49. The van der Waals surface area contributed by atoms with Crippen LogP contribution in [0.25, 0.3) is 6.08 Å². The molecule has 0 aliphatic carbocycles. The van der Waals surface area contributed by atoms with Gasteiger partial charge in [0.1, 0.15) is 11.4 Å². The molecule has 1 aliphatic heterocycles. The van der Waals surface area contributed by atoms with Crippen LogP contribution >= 0.6 is 28.1 Å². The van der Waals surface area contributed by atoms with Gasteiger partial charge in [-0.2, -0.15) is 0 Å². The fraction of sp³-hybridized carbons (Fsp3) is 0.0556. The van der Waals surface area contributed by atoms with Gasteiger partial charge < -0.3 is 0 Å². The van der Waals surface area contributed by atoms with Crippen molar-refractivity contribution < 1.29 is 14.0 Å². The van der Waals surface area contributed by atoms with Gasteiger partial charge in [-0.1, -0.05) is 34.1 Å². The minimum Gasteiger partial charge on any atom is -0.299 e. The summed E-state index contributed by atoms with van der Waals surface area (Å²) in [7, 11) is 0. The second-order valence-electron chi connectivity index (χ2n) is 5.45. The van der Waals surface area contributed by atoms with Gasteiger partial charge >= 0.3 is 0 Å². The molecule has 126 valence electrons. The van der Waals surface area contributed by atoms with Gasteiger partial charge in [-0.05, 0) is 65.7 Å². The van der Waals surface area contributed by atoms with Crippen LogP contribution in [0.2, 0.25) is 0 Å². The number of thiocarbonyl (C=S) groups is 1. The Balaban J connectivity index is 2.00. The molecule has 4 nitrogen and oxygen atoms in total. The lowest BCUT2D eigenvalue weighted by Crippen LogP contribution is -2.51. The Bertz CT molecular complexity index is 905. The first-order valence-corrected chi connectivity index (χ1v) is 8.54. The SMILES string of the molecule is O=C1NC(=S)NC(=O)C1=Cc1cc(Br)ccc1Cc1cccc(F)c1. The third-order valence-corrected chi connectivity index (χ3v) is 4.33. The molecule has 0 saturated carbocycles. The van der Waals surface area contributed by atoms with Gasteiger partial charge in [-0.25, -0.2) is 4.39 Å². The predicted octanol–water partition coefficient (Wildman–Crippen LogP) is 3.09. The molecule has 0 spiro atoms. The molecule has 0 aromatic heterocycles. The molecule has 1 saturated heterocycles. The number of hydrogen-bond acceptors (Lipinski definition) is 3. The Kier molecular flexibility index (Phi) is 5.06. The van der Waals surface area contributed by atoms with Crippen LogP contribution in [0.3, 0.4) is 0 Å². The van der Waals surface area contributed by atoms with E-state index in [0.717, 1.165) is 15.6 Å². The highest BCUT2D eigenvalue weighted by Crippen LogP contribution is 2.23. The van der Waals surface area contributed by atoms with Crippen molar-refractivity contribution in [2.45, 2.75) is 6.42 Å². The zero-order valence-corrected chi connectivity index (χ0v) is 15.2. The highest BCUT2D eigenvalue weighted by molar-refractivity contribution is 9.10. The molecular weight excluding hydrogens is 407 g/mol. The Morgan fingerprint density at radius 3 is 2.48 bits per heavy atom. The highest BCUT2D eigenvalue weighted by Gasteiger charge is 2.26. The smallest absolute Gasteiger partial charge is 0.263 e. The Morgan fingerprint density at radius 2 is 1.80 bits per heavy atom. The summed E-state index contributed by atoms with van der Waals surface area (Å²) in [5, 5.41) is 4.79. The van der Waals surface area contributed by atoms with E-state index in [-0.39, 0.29) is 16.5 Å². The normalized spacial score (nSPS) is 14.2. The number of halogens is 2. The van der Waals surface area contributed by atoms with E-state index in [1.165, 1.54) is 18.2 Å². The van der Waals surface area contributed by atoms with Crippen LogP contribution in [0.4, 0.5) is 4.39 Å². The van der Waals surface area contributed by atoms with Crippen molar-refractivity contribution in [1.82, 2.24) is 10.6 Å². The molecular formula is C18H12BrFN2O2S. The summed E-state index contributed by atoms with van der Waals surface area (Å²) in [6, 6.07) is 11.8. The molecule has 2 amide bonds. The fourth-order valence-corrected chi connectivity index (χ4v) is 3.05. The summed E-state index contributed by atoms with van der Waals surface area (Å²) in [5.41, 5.74) is 2.30. The maximum absolute atomic E-state index is 13.4. The maximum atomic E-state index is 13.4. The van der Waals surface area contributed by atoms with Gasteiger partial charge in [0.2, 0.25) is 0 Å². The summed E-state index contributed by atoms with van der Waals surface area (Å²) in [6.07, 6.45) is 1.97. The third-order valence-electron chi connectivity index (χ3n) is 3.63. The number of nitrogens with one attached hydrogen (secondary N) is 2. The maximum Gasteiger partial charge on any atom is 0.263 e. The number of carbonyl (C=O) groups is 2. The molecule has 0 atom stereocenters. The minimum absolute atomic E-state index is 0.0126. The quantitative estimate of drug-likeness (QED) is 0.457. The van der Waals surface area contributed by atoms with Crippen molar-refractivity contribution in [3.63, 3.8) is 0 Å². The number of benzene rings is 2. The summed E-state index contributed by atoms with van der Waals surface area (Å²) in [5.74, 6) is -1.41. The Labute approximate surface area is 157 Å². The summed E-state index contributed by atoms with van der Waals surface area (Å²) in [6.45, 7) is 0. The molecule has 2 aromatic carbocycles. The number of amides is 2. The van der Waals surface area contributed by atoms with Crippen molar-refractivity contribution in [3.05, 3.63) is 75.0 Å². The van der Waals surface area contributed by atoms with Gasteiger partial charge in [0.05, 0.1) is 0 Å². The predicted molar refractivity (Wildman–Crippen MR) is 100 cm³/mol. The third kappa shape index (κ3) is 4.18. The zero-order chi connectivity index (χ0) is 18.0. The van der Waals surface area contributed by atoms with Crippen LogP contribution in [0.5, 0.6) is 0 Å². The number of hydrogen-bond donors (Lipinski definition) is 2. The molecule has 25 heavy (non-hydrogen) atoms. The molecule has 2 aromatic rings.